The van der Waals surface area contributed by atoms with E-state index in [4.69, 9.17) is 11.6 Å². The quantitative estimate of drug-likeness (QED) is 0.806. The molecule has 15 heavy (non-hydrogen) atoms. The van der Waals surface area contributed by atoms with Crippen LogP contribution in [0, 0.1) is 0 Å². The summed E-state index contributed by atoms with van der Waals surface area (Å²) < 4.78 is 0. The lowest BCUT2D eigenvalue weighted by Gasteiger charge is -2.35. The van der Waals surface area contributed by atoms with E-state index in [0.29, 0.717) is 5.02 Å². The predicted octanol–water partition coefficient (Wildman–Crippen LogP) is 1.68. The van der Waals surface area contributed by atoms with Gasteiger partial charge in [0.15, 0.2) is 0 Å². The molecule has 0 aliphatic carbocycles. The van der Waals surface area contributed by atoms with Crippen molar-refractivity contribution >= 4 is 17.4 Å². The highest BCUT2D eigenvalue weighted by Crippen LogP contribution is 2.26. The third-order valence-corrected chi connectivity index (χ3v) is 3.07. The van der Waals surface area contributed by atoms with Crippen LogP contribution in [0.15, 0.2) is 12.5 Å². The van der Waals surface area contributed by atoms with Crippen LogP contribution < -0.4 is 10.6 Å². The Labute approximate surface area is 94.5 Å². The first-order chi connectivity index (χ1) is 7.20. The maximum absolute atomic E-state index is 6.00. The molecule has 0 spiro atoms. The summed E-state index contributed by atoms with van der Waals surface area (Å²) in [6.45, 7) is 4.27. The number of anilines is 1. The third-order valence-electron chi connectivity index (χ3n) is 2.79. The van der Waals surface area contributed by atoms with E-state index in [9.17, 15) is 0 Å². The van der Waals surface area contributed by atoms with Crippen molar-refractivity contribution in [2.24, 2.45) is 0 Å². The number of halogens is 1. The largest absolute Gasteiger partial charge is 0.363 e. The summed E-state index contributed by atoms with van der Waals surface area (Å²) in [6, 6.07) is 0. The Kier molecular flexibility index (Phi) is 3.07. The van der Waals surface area contributed by atoms with Crippen molar-refractivity contribution in [1.82, 2.24) is 15.3 Å². The monoisotopic (exact) mass is 226 g/mol. The van der Waals surface area contributed by atoms with Crippen LogP contribution in [-0.2, 0) is 0 Å². The first kappa shape index (κ1) is 10.6. The molecule has 1 fully saturated rings. The number of nitrogens with one attached hydrogen (secondary N) is 2. The standard InChI is InChI=1S/C10H15ClN4/c1-10(2-4-12-5-3-10)15-9-8(11)6-13-7-14-9/h6-7,12H,2-5H2,1H3,(H,13,14,15). The molecule has 1 aromatic rings. The summed E-state index contributed by atoms with van der Waals surface area (Å²) >= 11 is 6.00. The van der Waals surface area contributed by atoms with Crippen LogP contribution in [0.2, 0.25) is 5.02 Å². The van der Waals surface area contributed by atoms with Crippen molar-refractivity contribution in [3.05, 3.63) is 17.5 Å². The van der Waals surface area contributed by atoms with E-state index in [1.807, 2.05) is 0 Å². The van der Waals surface area contributed by atoms with Gasteiger partial charge in [0.2, 0.25) is 0 Å². The molecule has 2 heterocycles. The van der Waals surface area contributed by atoms with Gasteiger partial charge in [-0.1, -0.05) is 11.6 Å². The SMILES string of the molecule is CC1(Nc2ncncc2Cl)CCNCC1. The number of piperidine rings is 1. The van der Waals surface area contributed by atoms with Gasteiger partial charge >= 0.3 is 0 Å². The Hall–Kier alpha value is -0.870. The summed E-state index contributed by atoms with van der Waals surface area (Å²) in [4.78, 5) is 8.01. The number of hydrogen-bond donors (Lipinski definition) is 2. The maximum atomic E-state index is 6.00. The Balaban J connectivity index is 2.10. The molecule has 5 heteroatoms. The van der Waals surface area contributed by atoms with E-state index in [2.05, 4.69) is 27.5 Å². The fraction of sp³-hybridized carbons (Fsp3) is 0.600. The average Bonchev–Trinajstić information content (AvgIpc) is 2.22. The second-order valence-corrected chi connectivity index (χ2v) is 4.56. The fourth-order valence-corrected chi connectivity index (χ4v) is 1.95. The van der Waals surface area contributed by atoms with E-state index in [1.165, 1.54) is 6.33 Å². The molecule has 0 saturated carbocycles. The molecular weight excluding hydrogens is 212 g/mol. The molecule has 0 bridgehead atoms. The fourth-order valence-electron chi connectivity index (χ4n) is 1.79. The first-order valence-electron chi connectivity index (χ1n) is 5.14. The van der Waals surface area contributed by atoms with Crippen LogP contribution in [0.5, 0.6) is 0 Å². The minimum atomic E-state index is 0.0866. The highest BCUT2D eigenvalue weighted by molar-refractivity contribution is 6.32. The zero-order chi connectivity index (χ0) is 10.7. The number of rotatable bonds is 2. The van der Waals surface area contributed by atoms with E-state index in [-0.39, 0.29) is 5.54 Å². The highest BCUT2D eigenvalue weighted by Gasteiger charge is 2.27. The van der Waals surface area contributed by atoms with Crippen LogP contribution in [0.3, 0.4) is 0 Å². The molecule has 0 atom stereocenters. The maximum Gasteiger partial charge on any atom is 0.148 e. The topological polar surface area (TPSA) is 49.8 Å². The smallest absolute Gasteiger partial charge is 0.148 e. The predicted molar refractivity (Wildman–Crippen MR) is 61.2 cm³/mol. The van der Waals surface area contributed by atoms with Crippen molar-refractivity contribution < 1.29 is 0 Å². The molecule has 0 aromatic carbocycles. The molecular formula is C10H15ClN4. The average molecular weight is 227 g/mol. The van der Waals surface area contributed by atoms with E-state index >= 15 is 0 Å². The van der Waals surface area contributed by atoms with Crippen LogP contribution in [-0.4, -0.2) is 28.6 Å². The zero-order valence-electron chi connectivity index (χ0n) is 8.76. The number of nitrogens with zero attached hydrogens (tertiary/aromatic N) is 2. The lowest BCUT2D eigenvalue weighted by Crippen LogP contribution is -2.45. The summed E-state index contributed by atoms with van der Waals surface area (Å²) in [5, 5.41) is 7.32. The van der Waals surface area contributed by atoms with Gasteiger partial charge in [-0.25, -0.2) is 9.97 Å². The van der Waals surface area contributed by atoms with Gasteiger partial charge in [0.25, 0.3) is 0 Å². The van der Waals surface area contributed by atoms with Gasteiger partial charge in [0, 0.05) is 5.54 Å². The van der Waals surface area contributed by atoms with Gasteiger partial charge in [-0.15, -0.1) is 0 Å². The third kappa shape index (κ3) is 2.58. The van der Waals surface area contributed by atoms with Gasteiger partial charge in [-0.3, -0.25) is 0 Å². The number of aromatic nitrogens is 2. The Morgan fingerprint density at radius 1 is 1.47 bits per heavy atom. The summed E-state index contributed by atoms with van der Waals surface area (Å²) in [5.74, 6) is 0.732. The Morgan fingerprint density at radius 3 is 2.87 bits per heavy atom. The minimum absolute atomic E-state index is 0.0866. The molecule has 2 N–H and O–H groups in total. The van der Waals surface area contributed by atoms with Crippen LogP contribution in [0.4, 0.5) is 5.82 Å². The van der Waals surface area contributed by atoms with Crippen molar-refractivity contribution in [2.45, 2.75) is 25.3 Å². The Bertz CT molecular complexity index is 336. The van der Waals surface area contributed by atoms with E-state index in [0.717, 1.165) is 31.7 Å². The molecule has 1 aromatic heterocycles. The first-order valence-corrected chi connectivity index (χ1v) is 5.52. The van der Waals surface area contributed by atoms with Crippen LogP contribution in [0.1, 0.15) is 19.8 Å². The van der Waals surface area contributed by atoms with Crippen molar-refractivity contribution in [1.29, 1.82) is 0 Å². The van der Waals surface area contributed by atoms with Gasteiger partial charge in [-0.05, 0) is 32.9 Å². The second kappa shape index (κ2) is 4.33. The molecule has 4 nitrogen and oxygen atoms in total. The molecule has 0 radical (unpaired) electrons. The Morgan fingerprint density at radius 2 is 2.20 bits per heavy atom. The van der Waals surface area contributed by atoms with E-state index in [1.54, 1.807) is 6.20 Å². The van der Waals surface area contributed by atoms with Crippen molar-refractivity contribution in [3.8, 4) is 0 Å². The molecule has 1 aliphatic rings. The zero-order valence-corrected chi connectivity index (χ0v) is 9.51. The van der Waals surface area contributed by atoms with Crippen molar-refractivity contribution in [3.63, 3.8) is 0 Å². The molecule has 1 aliphatic heterocycles. The van der Waals surface area contributed by atoms with Crippen molar-refractivity contribution in [2.75, 3.05) is 18.4 Å². The minimum Gasteiger partial charge on any atom is -0.363 e. The van der Waals surface area contributed by atoms with Gasteiger partial charge in [0.05, 0.1) is 6.20 Å². The van der Waals surface area contributed by atoms with Crippen LogP contribution >= 0.6 is 11.6 Å². The summed E-state index contributed by atoms with van der Waals surface area (Å²) in [7, 11) is 0. The lowest BCUT2D eigenvalue weighted by atomic mass is 9.91. The van der Waals surface area contributed by atoms with Gasteiger partial charge in [-0.2, -0.15) is 0 Å². The summed E-state index contributed by atoms with van der Waals surface area (Å²) in [6.07, 6.45) is 5.28. The highest BCUT2D eigenvalue weighted by atomic mass is 35.5. The van der Waals surface area contributed by atoms with Gasteiger partial charge in [0.1, 0.15) is 17.2 Å². The lowest BCUT2D eigenvalue weighted by molar-refractivity contribution is 0.364. The normalized spacial score (nSPS) is 19.9. The van der Waals surface area contributed by atoms with Crippen LogP contribution in [0.25, 0.3) is 0 Å². The van der Waals surface area contributed by atoms with E-state index < -0.39 is 0 Å². The molecule has 0 amide bonds. The van der Waals surface area contributed by atoms with Gasteiger partial charge < -0.3 is 10.6 Å². The molecule has 2 rings (SSSR count). The number of hydrogen-bond acceptors (Lipinski definition) is 4. The summed E-state index contributed by atoms with van der Waals surface area (Å²) in [5.41, 5.74) is 0.0866. The second-order valence-electron chi connectivity index (χ2n) is 4.15. The molecule has 1 saturated heterocycles. The molecule has 82 valence electrons. The molecule has 0 unspecified atom stereocenters.